The third kappa shape index (κ3) is 3.31. The van der Waals surface area contributed by atoms with Crippen LogP contribution in [0.2, 0.25) is 5.02 Å². The highest BCUT2D eigenvalue weighted by atomic mass is 79.9. The molecule has 2 aromatic heterocycles. The first kappa shape index (κ1) is 14.9. The SMILES string of the molecule is O=C(Nc1ncc(C(F)(F)F)cc1Cl)c1ccc(Br)o1. The topological polar surface area (TPSA) is 55.1 Å². The van der Waals surface area contributed by atoms with Crippen LogP contribution in [0.1, 0.15) is 16.1 Å². The van der Waals surface area contributed by atoms with Crippen molar-refractivity contribution in [2.75, 3.05) is 5.32 Å². The summed E-state index contributed by atoms with van der Waals surface area (Å²) < 4.78 is 42.6. The molecule has 0 aliphatic heterocycles. The van der Waals surface area contributed by atoms with Crippen LogP contribution < -0.4 is 5.32 Å². The number of hydrogen-bond donors (Lipinski definition) is 1. The van der Waals surface area contributed by atoms with E-state index in [4.69, 9.17) is 16.0 Å². The highest BCUT2D eigenvalue weighted by Crippen LogP contribution is 2.32. The molecular weight excluding hydrogens is 364 g/mol. The lowest BCUT2D eigenvalue weighted by Gasteiger charge is -2.09. The predicted octanol–water partition coefficient (Wildman–Crippen LogP) is 4.36. The number of amides is 1. The van der Waals surface area contributed by atoms with Crippen molar-refractivity contribution < 1.29 is 22.4 Å². The van der Waals surface area contributed by atoms with E-state index in [0.717, 1.165) is 0 Å². The minimum atomic E-state index is -4.55. The second kappa shape index (κ2) is 5.45. The zero-order valence-electron chi connectivity index (χ0n) is 9.46. The average Bonchev–Trinajstić information content (AvgIpc) is 2.77. The number of carbonyl (C=O) groups excluding carboxylic acids is 1. The van der Waals surface area contributed by atoms with Gasteiger partial charge in [-0.25, -0.2) is 4.98 Å². The third-order valence-electron chi connectivity index (χ3n) is 2.20. The van der Waals surface area contributed by atoms with E-state index in [9.17, 15) is 18.0 Å². The van der Waals surface area contributed by atoms with Gasteiger partial charge in [0.15, 0.2) is 16.2 Å². The summed E-state index contributed by atoms with van der Waals surface area (Å²) in [4.78, 5) is 15.2. The number of rotatable bonds is 2. The molecule has 9 heteroatoms. The number of nitrogens with one attached hydrogen (secondary N) is 1. The summed E-state index contributed by atoms with van der Waals surface area (Å²) >= 11 is 8.67. The molecule has 2 heterocycles. The van der Waals surface area contributed by atoms with E-state index in [2.05, 4.69) is 26.2 Å². The van der Waals surface area contributed by atoms with E-state index in [0.29, 0.717) is 16.9 Å². The van der Waals surface area contributed by atoms with Gasteiger partial charge in [-0.1, -0.05) is 11.6 Å². The number of alkyl halides is 3. The van der Waals surface area contributed by atoms with Gasteiger partial charge in [0.2, 0.25) is 0 Å². The number of hydrogen-bond acceptors (Lipinski definition) is 3. The molecule has 0 spiro atoms. The number of carbonyl (C=O) groups is 1. The van der Waals surface area contributed by atoms with Crippen LogP contribution in [-0.4, -0.2) is 10.9 Å². The molecule has 0 radical (unpaired) electrons. The van der Waals surface area contributed by atoms with Crippen LogP contribution in [0, 0.1) is 0 Å². The molecule has 106 valence electrons. The summed E-state index contributed by atoms with van der Waals surface area (Å²) in [5, 5.41) is 1.93. The number of nitrogens with zero attached hydrogens (tertiary/aromatic N) is 1. The molecule has 1 amide bonds. The number of pyridine rings is 1. The van der Waals surface area contributed by atoms with Crippen molar-refractivity contribution in [3.8, 4) is 0 Å². The zero-order valence-corrected chi connectivity index (χ0v) is 11.8. The maximum absolute atomic E-state index is 12.4. The Morgan fingerprint density at radius 3 is 2.60 bits per heavy atom. The van der Waals surface area contributed by atoms with Gasteiger partial charge in [-0.3, -0.25) is 4.79 Å². The van der Waals surface area contributed by atoms with Gasteiger partial charge in [0.05, 0.1) is 10.6 Å². The van der Waals surface area contributed by atoms with Crippen LogP contribution in [0.5, 0.6) is 0 Å². The van der Waals surface area contributed by atoms with Gasteiger partial charge in [0.1, 0.15) is 0 Å². The molecule has 0 bridgehead atoms. The lowest BCUT2D eigenvalue weighted by molar-refractivity contribution is -0.137. The van der Waals surface area contributed by atoms with Crippen molar-refractivity contribution in [3.05, 3.63) is 45.4 Å². The van der Waals surface area contributed by atoms with Crippen molar-refractivity contribution in [1.29, 1.82) is 0 Å². The van der Waals surface area contributed by atoms with E-state index >= 15 is 0 Å². The van der Waals surface area contributed by atoms with Crippen LogP contribution in [0.25, 0.3) is 0 Å². The first-order valence-corrected chi connectivity index (χ1v) is 6.24. The Morgan fingerprint density at radius 1 is 1.40 bits per heavy atom. The molecule has 1 N–H and O–H groups in total. The van der Waals surface area contributed by atoms with Crippen LogP contribution in [0.15, 0.2) is 33.5 Å². The maximum atomic E-state index is 12.4. The zero-order chi connectivity index (χ0) is 14.9. The molecule has 2 rings (SSSR count). The van der Waals surface area contributed by atoms with E-state index in [1.807, 2.05) is 0 Å². The van der Waals surface area contributed by atoms with Crippen LogP contribution in [0.3, 0.4) is 0 Å². The van der Waals surface area contributed by atoms with Crippen LogP contribution >= 0.6 is 27.5 Å². The van der Waals surface area contributed by atoms with Crippen molar-refractivity contribution in [3.63, 3.8) is 0 Å². The molecule has 0 saturated heterocycles. The van der Waals surface area contributed by atoms with Gasteiger partial charge in [-0.15, -0.1) is 0 Å². The number of furan rings is 1. The summed E-state index contributed by atoms with van der Waals surface area (Å²) in [7, 11) is 0. The summed E-state index contributed by atoms with van der Waals surface area (Å²) in [6.07, 6.45) is -3.97. The standard InChI is InChI=1S/C11H5BrClF3N2O2/c12-8-2-1-7(20-8)10(19)18-9-6(13)3-5(4-17-9)11(14,15)16/h1-4H,(H,17,18,19). The predicted molar refractivity (Wildman–Crippen MR) is 68.6 cm³/mol. The van der Waals surface area contributed by atoms with E-state index in [1.165, 1.54) is 12.1 Å². The van der Waals surface area contributed by atoms with Crippen LogP contribution in [-0.2, 0) is 6.18 Å². The average molecular weight is 370 g/mol. The van der Waals surface area contributed by atoms with Crippen molar-refractivity contribution in [2.24, 2.45) is 0 Å². The molecule has 20 heavy (non-hydrogen) atoms. The fraction of sp³-hybridized carbons (Fsp3) is 0.0909. The Hall–Kier alpha value is -1.54. The second-order valence-corrected chi connectivity index (χ2v) is 4.80. The normalized spacial score (nSPS) is 11.4. The highest BCUT2D eigenvalue weighted by molar-refractivity contribution is 9.10. The van der Waals surface area contributed by atoms with Gasteiger partial charge in [-0.2, -0.15) is 13.2 Å². The molecule has 0 aliphatic rings. The lowest BCUT2D eigenvalue weighted by atomic mass is 10.2. The fourth-order valence-corrected chi connectivity index (χ4v) is 1.81. The largest absolute Gasteiger partial charge is 0.444 e. The molecular formula is C11H5BrClF3N2O2. The minimum Gasteiger partial charge on any atom is -0.444 e. The molecule has 0 unspecified atom stereocenters. The van der Waals surface area contributed by atoms with Crippen LogP contribution in [0.4, 0.5) is 19.0 Å². The fourth-order valence-electron chi connectivity index (χ4n) is 1.29. The maximum Gasteiger partial charge on any atom is 0.417 e. The highest BCUT2D eigenvalue weighted by Gasteiger charge is 2.31. The first-order chi connectivity index (χ1) is 9.27. The van der Waals surface area contributed by atoms with E-state index in [-0.39, 0.29) is 16.6 Å². The number of aromatic nitrogens is 1. The monoisotopic (exact) mass is 368 g/mol. The minimum absolute atomic E-state index is 0.0327. The Morgan fingerprint density at radius 2 is 2.10 bits per heavy atom. The smallest absolute Gasteiger partial charge is 0.417 e. The van der Waals surface area contributed by atoms with E-state index < -0.39 is 17.6 Å². The molecule has 2 aromatic rings. The Kier molecular flexibility index (Phi) is 4.05. The van der Waals surface area contributed by atoms with Crippen molar-refractivity contribution in [1.82, 2.24) is 4.98 Å². The summed E-state index contributed by atoms with van der Waals surface area (Å²) in [5.74, 6) is -0.892. The molecule has 0 aromatic carbocycles. The van der Waals surface area contributed by atoms with Gasteiger partial charge < -0.3 is 9.73 Å². The third-order valence-corrected chi connectivity index (χ3v) is 2.91. The van der Waals surface area contributed by atoms with E-state index in [1.54, 1.807) is 0 Å². The van der Waals surface area contributed by atoms with Gasteiger partial charge >= 0.3 is 6.18 Å². The second-order valence-electron chi connectivity index (χ2n) is 3.61. The molecule has 0 saturated carbocycles. The molecule has 4 nitrogen and oxygen atoms in total. The lowest BCUT2D eigenvalue weighted by Crippen LogP contribution is -2.13. The van der Waals surface area contributed by atoms with Crippen molar-refractivity contribution in [2.45, 2.75) is 6.18 Å². The Bertz CT molecular complexity index is 657. The first-order valence-electron chi connectivity index (χ1n) is 5.07. The quantitative estimate of drug-likeness (QED) is 0.856. The molecule has 0 aliphatic carbocycles. The summed E-state index contributed by atoms with van der Waals surface area (Å²) in [6.45, 7) is 0. The molecule has 0 fully saturated rings. The Balaban J connectivity index is 2.20. The van der Waals surface area contributed by atoms with Crippen molar-refractivity contribution >= 4 is 39.3 Å². The Labute approximate surface area is 124 Å². The number of anilines is 1. The number of halogens is 5. The molecule has 0 atom stereocenters. The van der Waals surface area contributed by atoms with Gasteiger partial charge in [0.25, 0.3) is 5.91 Å². The summed E-state index contributed by atoms with van der Waals surface area (Å²) in [5.41, 5.74) is -0.999. The summed E-state index contributed by atoms with van der Waals surface area (Å²) in [6, 6.07) is 3.57. The van der Waals surface area contributed by atoms with Gasteiger partial charge in [-0.05, 0) is 34.1 Å². The van der Waals surface area contributed by atoms with Gasteiger partial charge in [0, 0.05) is 6.20 Å².